The van der Waals surface area contributed by atoms with Crippen molar-refractivity contribution in [3.63, 3.8) is 0 Å². The maximum absolute atomic E-state index is 12.3. The number of ether oxygens (including phenoxy) is 2. The van der Waals surface area contributed by atoms with Gasteiger partial charge in [0.15, 0.2) is 5.75 Å². The Morgan fingerprint density at radius 1 is 0.943 bits per heavy atom. The van der Waals surface area contributed by atoms with Crippen LogP contribution in [0.1, 0.15) is 62.8 Å². The highest BCUT2D eigenvalue weighted by Crippen LogP contribution is 2.27. The quantitative estimate of drug-likeness (QED) is 0.395. The number of aromatic nitrogens is 1. The van der Waals surface area contributed by atoms with Gasteiger partial charge in [-0.25, -0.2) is 9.78 Å². The summed E-state index contributed by atoms with van der Waals surface area (Å²) in [5.74, 6) is 0.392. The van der Waals surface area contributed by atoms with Crippen LogP contribution in [0.15, 0.2) is 6.07 Å². The number of methoxy groups -OCH3 is 1. The first kappa shape index (κ1) is 26.6. The third-order valence-corrected chi connectivity index (χ3v) is 7.73. The molecule has 5 N–H and O–H groups in total. The van der Waals surface area contributed by atoms with Gasteiger partial charge in [-0.05, 0) is 25.7 Å². The summed E-state index contributed by atoms with van der Waals surface area (Å²) >= 11 is 6.63. The van der Waals surface area contributed by atoms with Crippen LogP contribution in [0.25, 0.3) is 0 Å². The van der Waals surface area contributed by atoms with Gasteiger partial charge in [-0.2, -0.15) is 0 Å². The van der Waals surface area contributed by atoms with Gasteiger partial charge in [-0.15, -0.1) is 0 Å². The highest BCUT2D eigenvalue weighted by atomic mass is 35.5. The minimum Gasteiger partial charge on any atom is -0.408 e. The number of nitrogens with one attached hydrogen (secondary N) is 5. The summed E-state index contributed by atoms with van der Waals surface area (Å²) in [7, 11) is 1.59. The Kier molecular flexibility index (Phi) is 10.4. The first-order chi connectivity index (χ1) is 17.1. The van der Waals surface area contributed by atoms with Crippen LogP contribution in [0.3, 0.4) is 0 Å². The van der Waals surface area contributed by atoms with Gasteiger partial charge in [-0.1, -0.05) is 37.3 Å². The standard InChI is InChI=1S/C25H41ClN6O3/c1-34-13-12-29-25(33)35-24-14-17(26)22-15-30-20-8-4-2-6-18(20)27-10-11-28-19-7-3-5-9-21(19)31-16-23(24)32-22/h14,18-21,27-28,30-31H,2-13,15-16H2,1H3,(H,29,33)/t18-,19-,20-,21-/m1/s1. The van der Waals surface area contributed by atoms with Gasteiger partial charge in [0.1, 0.15) is 0 Å². The molecule has 0 aromatic carbocycles. The minimum absolute atomic E-state index is 0.346. The van der Waals surface area contributed by atoms with E-state index in [1.54, 1.807) is 13.2 Å². The van der Waals surface area contributed by atoms with E-state index >= 15 is 0 Å². The highest BCUT2D eigenvalue weighted by molar-refractivity contribution is 6.31. The molecule has 0 radical (unpaired) electrons. The molecule has 2 fully saturated rings. The molecule has 1 aromatic rings. The van der Waals surface area contributed by atoms with Crippen LogP contribution in [0, 0.1) is 0 Å². The molecule has 9 nitrogen and oxygen atoms in total. The second-order valence-corrected chi connectivity index (χ2v) is 10.2. The highest BCUT2D eigenvalue weighted by Gasteiger charge is 2.28. The van der Waals surface area contributed by atoms with E-state index < -0.39 is 6.09 Å². The number of halogens is 1. The number of nitrogens with zero attached hydrogens (tertiary/aromatic N) is 1. The van der Waals surface area contributed by atoms with Crippen LogP contribution in [0.2, 0.25) is 5.02 Å². The zero-order valence-electron chi connectivity index (χ0n) is 20.8. The molecule has 0 saturated heterocycles. The number of hydrogen-bond donors (Lipinski definition) is 5. The molecule has 4 atom stereocenters. The largest absolute Gasteiger partial charge is 0.412 e. The van der Waals surface area contributed by atoms with Crippen molar-refractivity contribution in [1.82, 2.24) is 31.6 Å². The first-order valence-corrected chi connectivity index (χ1v) is 13.6. The molecule has 1 aliphatic heterocycles. The Bertz CT molecular complexity index is 829. The summed E-state index contributed by atoms with van der Waals surface area (Å²) in [4.78, 5) is 17.2. The fourth-order valence-corrected chi connectivity index (χ4v) is 5.70. The van der Waals surface area contributed by atoms with Gasteiger partial charge in [-0.3, -0.25) is 0 Å². The number of hydrogen-bond acceptors (Lipinski definition) is 8. The molecular formula is C25H41ClN6O3. The fraction of sp³-hybridized carbons (Fsp3) is 0.760. The molecule has 1 aromatic heterocycles. The normalized spacial score (nSPS) is 28.1. The van der Waals surface area contributed by atoms with Crippen molar-refractivity contribution in [3.05, 3.63) is 22.5 Å². The molecule has 35 heavy (non-hydrogen) atoms. The van der Waals surface area contributed by atoms with E-state index in [0.29, 0.717) is 66.9 Å². The fourth-order valence-electron chi connectivity index (χ4n) is 5.49. The summed E-state index contributed by atoms with van der Waals surface area (Å²) < 4.78 is 10.6. The van der Waals surface area contributed by atoms with Crippen molar-refractivity contribution < 1.29 is 14.3 Å². The van der Waals surface area contributed by atoms with Crippen LogP contribution < -0.4 is 31.3 Å². The average Bonchev–Trinajstić information content (AvgIpc) is 2.87. The van der Waals surface area contributed by atoms with Crippen molar-refractivity contribution in [2.24, 2.45) is 0 Å². The third-order valence-electron chi connectivity index (χ3n) is 7.40. The second-order valence-electron chi connectivity index (χ2n) is 9.84. The van der Waals surface area contributed by atoms with Crippen molar-refractivity contribution in [2.75, 3.05) is 33.4 Å². The minimum atomic E-state index is -0.536. The van der Waals surface area contributed by atoms with Gasteiger partial charge in [0.2, 0.25) is 0 Å². The predicted octanol–water partition coefficient (Wildman–Crippen LogP) is 2.46. The van der Waals surface area contributed by atoms with Gasteiger partial charge in [0, 0.05) is 70.1 Å². The van der Waals surface area contributed by atoms with Crippen molar-refractivity contribution in [3.8, 4) is 5.75 Å². The Hall–Kier alpha value is -1.49. The average molecular weight is 509 g/mol. The molecule has 3 aliphatic rings. The Balaban J connectivity index is 1.55. The van der Waals surface area contributed by atoms with E-state index in [2.05, 4.69) is 26.6 Å². The Morgan fingerprint density at radius 3 is 2.06 bits per heavy atom. The van der Waals surface area contributed by atoms with E-state index in [-0.39, 0.29) is 0 Å². The number of carbonyl (C=O) groups is 1. The van der Waals surface area contributed by atoms with E-state index in [0.717, 1.165) is 38.0 Å². The Morgan fingerprint density at radius 2 is 1.49 bits per heavy atom. The lowest BCUT2D eigenvalue weighted by molar-refractivity contribution is 0.179. The van der Waals surface area contributed by atoms with E-state index in [4.69, 9.17) is 26.1 Å². The third kappa shape index (κ3) is 7.74. The van der Waals surface area contributed by atoms with Crippen LogP contribution in [-0.2, 0) is 17.8 Å². The molecule has 2 aliphatic carbocycles. The SMILES string of the molecule is COCCNC(=O)Oc1cc(Cl)c2nc1CN[C@@H]1CCCC[C@H]1NCCN[C@@H]1CCCC[C@H]1NC2. The number of rotatable bonds is 4. The second kappa shape index (κ2) is 13.7. The summed E-state index contributed by atoms with van der Waals surface area (Å²) in [5.41, 5.74) is 1.48. The van der Waals surface area contributed by atoms with Crippen LogP contribution in [-0.4, -0.2) is 68.6 Å². The molecule has 2 bridgehead atoms. The summed E-state index contributed by atoms with van der Waals surface area (Å²) in [6.45, 7) is 3.81. The number of carbonyl (C=O) groups excluding carboxylic acids is 1. The van der Waals surface area contributed by atoms with E-state index in [1.807, 2.05) is 0 Å². The topological polar surface area (TPSA) is 109 Å². The molecule has 2 saturated carbocycles. The van der Waals surface area contributed by atoms with Gasteiger partial charge >= 0.3 is 6.09 Å². The number of pyridine rings is 1. The van der Waals surface area contributed by atoms with Crippen LogP contribution in [0.4, 0.5) is 4.79 Å². The maximum atomic E-state index is 12.3. The summed E-state index contributed by atoms with van der Waals surface area (Å²) in [6, 6.07) is 3.33. The monoisotopic (exact) mass is 508 g/mol. The van der Waals surface area contributed by atoms with Crippen molar-refractivity contribution >= 4 is 17.7 Å². The lowest BCUT2D eigenvalue weighted by Gasteiger charge is -2.34. The van der Waals surface area contributed by atoms with Gasteiger partial charge in [0.25, 0.3) is 0 Å². The van der Waals surface area contributed by atoms with Crippen molar-refractivity contribution in [1.29, 1.82) is 0 Å². The first-order valence-electron chi connectivity index (χ1n) is 13.2. The molecule has 2 heterocycles. The molecule has 0 unspecified atom stereocenters. The molecule has 0 spiro atoms. The summed E-state index contributed by atoms with van der Waals surface area (Å²) in [6.07, 6.45) is 9.03. The van der Waals surface area contributed by atoms with Crippen molar-refractivity contribution in [2.45, 2.75) is 88.6 Å². The Labute approximate surface area is 213 Å². The van der Waals surface area contributed by atoms with E-state index in [9.17, 15) is 4.79 Å². The lowest BCUT2D eigenvalue weighted by atomic mass is 9.89. The number of amides is 1. The van der Waals surface area contributed by atoms with E-state index in [1.165, 1.54) is 32.1 Å². The maximum Gasteiger partial charge on any atom is 0.412 e. The summed E-state index contributed by atoms with van der Waals surface area (Å²) in [5, 5.41) is 18.2. The lowest BCUT2D eigenvalue weighted by Crippen LogP contribution is -2.53. The molecule has 1 amide bonds. The van der Waals surface area contributed by atoms with Gasteiger partial charge < -0.3 is 36.1 Å². The predicted molar refractivity (Wildman–Crippen MR) is 137 cm³/mol. The smallest absolute Gasteiger partial charge is 0.408 e. The van der Waals surface area contributed by atoms with Gasteiger partial charge in [0.05, 0.1) is 23.0 Å². The molecule has 196 valence electrons. The number of fused-ring (bicyclic) bond motifs is 4. The van der Waals surface area contributed by atoms with Crippen LogP contribution >= 0.6 is 11.6 Å². The zero-order chi connectivity index (χ0) is 24.5. The van der Waals surface area contributed by atoms with Crippen LogP contribution in [0.5, 0.6) is 5.75 Å². The zero-order valence-corrected chi connectivity index (χ0v) is 21.6. The molecular weight excluding hydrogens is 468 g/mol. The molecule has 4 rings (SSSR count). The molecule has 10 heteroatoms.